The van der Waals surface area contributed by atoms with Crippen LogP contribution >= 0.6 is 0 Å². The summed E-state index contributed by atoms with van der Waals surface area (Å²) in [5, 5.41) is 0. The Kier molecular flexibility index (Phi) is 5.27. The van der Waals surface area contributed by atoms with Gasteiger partial charge < -0.3 is 4.90 Å². The van der Waals surface area contributed by atoms with Crippen molar-refractivity contribution >= 4 is 0 Å². The van der Waals surface area contributed by atoms with Gasteiger partial charge in [0.1, 0.15) is 0 Å². The molecule has 0 unspecified atom stereocenters. The van der Waals surface area contributed by atoms with Gasteiger partial charge in [0.15, 0.2) is 0 Å². The molecule has 1 saturated heterocycles. The highest BCUT2D eigenvalue weighted by molar-refractivity contribution is 5.25. The molecule has 0 aliphatic carbocycles. The van der Waals surface area contributed by atoms with Crippen LogP contribution in [0.2, 0.25) is 0 Å². The normalized spacial score (nSPS) is 19.7. The van der Waals surface area contributed by atoms with E-state index >= 15 is 0 Å². The molecule has 0 amide bonds. The summed E-state index contributed by atoms with van der Waals surface area (Å²) >= 11 is 0. The molecule has 1 aromatic rings. The third-order valence-electron chi connectivity index (χ3n) is 4.21. The lowest BCUT2D eigenvalue weighted by Gasteiger charge is -2.36. The average Bonchev–Trinajstić information content (AvgIpc) is 2.42. The molecule has 2 nitrogen and oxygen atoms in total. The topological polar surface area (TPSA) is 6.48 Å². The second-order valence-corrected chi connectivity index (χ2v) is 5.95. The zero-order valence-corrected chi connectivity index (χ0v) is 12.7. The van der Waals surface area contributed by atoms with Crippen molar-refractivity contribution in [1.29, 1.82) is 0 Å². The maximum absolute atomic E-state index is 12.6. The summed E-state index contributed by atoms with van der Waals surface area (Å²) < 4.78 is 37.7. The minimum atomic E-state index is -4.09. The Morgan fingerprint density at radius 3 is 2.19 bits per heavy atom. The van der Waals surface area contributed by atoms with E-state index in [1.165, 1.54) is 18.1 Å². The highest BCUT2D eigenvalue weighted by Gasteiger charge is 2.37. The van der Waals surface area contributed by atoms with Crippen LogP contribution in [0.25, 0.3) is 0 Å². The lowest BCUT2D eigenvalue weighted by atomic mass is 10.1. The van der Waals surface area contributed by atoms with E-state index in [1.54, 1.807) is 0 Å². The van der Waals surface area contributed by atoms with Gasteiger partial charge in [0.25, 0.3) is 0 Å². The molecule has 1 aromatic carbocycles. The van der Waals surface area contributed by atoms with Gasteiger partial charge in [-0.1, -0.05) is 31.2 Å². The molecule has 2 rings (SSSR count). The summed E-state index contributed by atoms with van der Waals surface area (Å²) in [7, 11) is 0. The van der Waals surface area contributed by atoms with Crippen molar-refractivity contribution in [2.45, 2.75) is 26.6 Å². The largest absolute Gasteiger partial charge is 0.392 e. The number of hydrogen-bond acceptors (Lipinski definition) is 2. The molecule has 118 valence electrons. The molecule has 5 heteroatoms. The number of piperazine rings is 1. The van der Waals surface area contributed by atoms with Crippen LogP contribution in [-0.4, -0.2) is 48.7 Å². The van der Waals surface area contributed by atoms with Crippen molar-refractivity contribution in [2.75, 3.05) is 32.7 Å². The fourth-order valence-corrected chi connectivity index (χ4v) is 2.65. The Morgan fingerprint density at radius 2 is 1.62 bits per heavy atom. The van der Waals surface area contributed by atoms with E-state index in [4.69, 9.17) is 0 Å². The SMILES string of the molecule is Cc1ccccc1CN1CCN(C[C@@H](C)C(F)(F)F)CC1. The van der Waals surface area contributed by atoms with Gasteiger partial charge in [-0.15, -0.1) is 0 Å². The zero-order chi connectivity index (χ0) is 15.5. The Bertz CT molecular complexity index is 451. The number of aryl methyl sites for hydroxylation is 1. The van der Waals surface area contributed by atoms with E-state index in [0.717, 1.165) is 19.6 Å². The van der Waals surface area contributed by atoms with Gasteiger partial charge in [-0.2, -0.15) is 13.2 Å². The predicted octanol–water partition coefficient (Wildman–Crippen LogP) is 3.31. The minimum absolute atomic E-state index is 0.113. The first-order valence-corrected chi connectivity index (χ1v) is 7.42. The molecule has 1 heterocycles. The molecular formula is C16H23F3N2. The number of nitrogens with zero attached hydrogens (tertiary/aromatic N) is 2. The van der Waals surface area contributed by atoms with Crippen LogP contribution in [-0.2, 0) is 6.54 Å². The van der Waals surface area contributed by atoms with Crippen molar-refractivity contribution in [3.8, 4) is 0 Å². The third kappa shape index (κ3) is 4.71. The molecule has 0 radical (unpaired) electrons. The molecule has 0 bridgehead atoms. The highest BCUT2D eigenvalue weighted by atomic mass is 19.4. The number of benzene rings is 1. The van der Waals surface area contributed by atoms with Gasteiger partial charge in [-0.05, 0) is 18.1 Å². The quantitative estimate of drug-likeness (QED) is 0.842. The van der Waals surface area contributed by atoms with Crippen molar-refractivity contribution in [3.63, 3.8) is 0 Å². The first kappa shape index (κ1) is 16.3. The maximum atomic E-state index is 12.6. The summed E-state index contributed by atoms with van der Waals surface area (Å²) in [4.78, 5) is 4.24. The van der Waals surface area contributed by atoms with Crippen LogP contribution in [0.15, 0.2) is 24.3 Å². The summed E-state index contributed by atoms with van der Waals surface area (Å²) in [6, 6.07) is 8.27. The van der Waals surface area contributed by atoms with E-state index in [9.17, 15) is 13.2 Å². The molecule has 0 spiro atoms. The van der Waals surface area contributed by atoms with Crippen LogP contribution in [0.1, 0.15) is 18.1 Å². The average molecular weight is 300 g/mol. The molecule has 1 aliphatic rings. The second kappa shape index (κ2) is 6.79. The Labute approximate surface area is 124 Å². The van der Waals surface area contributed by atoms with Gasteiger partial charge in [0, 0.05) is 39.3 Å². The number of rotatable bonds is 4. The summed E-state index contributed by atoms with van der Waals surface area (Å²) in [5.41, 5.74) is 2.57. The predicted molar refractivity (Wildman–Crippen MR) is 78.1 cm³/mol. The monoisotopic (exact) mass is 300 g/mol. The lowest BCUT2D eigenvalue weighted by molar-refractivity contribution is -0.174. The smallest absolute Gasteiger partial charge is 0.300 e. The van der Waals surface area contributed by atoms with Crippen molar-refractivity contribution < 1.29 is 13.2 Å². The van der Waals surface area contributed by atoms with Gasteiger partial charge in [0.2, 0.25) is 0 Å². The summed E-state index contributed by atoms with van der Waals surface area (Å²) in [6.07, 6.45) is -4.09. The van der Waals surface area contributed by atoms with Crippen molar-refractivity contribution in [1.82, 2.24) is 9.80 Å². The molecule has 1 atom stereocenters. The molecule has 1 fully saturated rings. The van der Waals surface area contributed by atoms with Crippen molar-refractivity contribution in [3.05, 3.63) is 35.4 Å². The number of halogens is 3. The fraction of sp³-hybridized carbons (Fsp3) is 0.625. The molecular weight excluding hydrogens is 277 g/mol. The lowest BCUT2D eigenvalue weighted by Crippen LogP contribution is -2.48. The van der Waals surface area contributed by atoms with Gasteiger partial charge in [-0.3, -0.25) is 4.90 Å². The number of alkyl halides is 3. The highest BCUT2D eigenvalue weighted by Crippen LogP contribution is 2.26. The van der Waals surface area contributed by atoms with E-state index < -0.39 is 12.1 Å². The van der Waals surface area contributed by atoms with Gasteiger partial charge in [-0.25, -0.2) is 0 Å². The Hall–Kier alpha value is -1.07. The summed E-state index contributed by atoms with van der Waals surface area (Å²) in [6.45, 7) is 7.45. The maximum Gasteiger partial charge on any atom is 0.392 e. The van der Waals surface area contributed by atoms with E-state index in [2.05, 4.69) is 24.0 Å². The molecule has 21 heavy (non-hydrogen) atoms. The molecule has 0 aromatic heterocycles. The van der Waals surface area contributed by atoms with E-state index in [1.807, 2.05) is 17.0 Å². The van der Waals surface area contributed by atoms with Crippen LogP contribution in [0.4, 0.5) is 13.2 Å². The van der Waals surface area contributed by atoms with Crippen LogP contribution in [0.5, 0.6) is 0 Å². The van der Waals surface area contributed by atoms with Crippen LogP contribution in [0.3, 0.4) is 0 Å². The van der Waals surface area contributed by atoms with E-state index in [0.29, 0.717) is 13.1 Å². The minimum Gasteiger partial charge on any atom is -0.300 e. The second-order valence-electron chi connectivity index (χ2n) is 5.95. The van der Waals surface area contributed by atoms with Crippen LogP contribution < -0.4 is 0 Å². The Morgan fingerprint density at radius 1 is 1.05 bits per heavy atom. The third-order valence-corrected chi connectivity index (χ3v) is 4.21. The molecule has 1 aliphatic heterocycles. The Balaban J connectivity index is 1.80. The molecule has 0 saturated carbocycles. The fourth-order valence-electron chi connectivity index (χ4n) is 2.65. The van der Waals surface area contributed by atoms with Crippen LogP contribution in [0, 0.1) is 12.8 Å². The number of hydrogen-bond donors (Lipinski definition) is 0. The van der Waals surface area contributed by atoms with Gasteiger partial charge in [0.05, 0.1) is 5.92 Å². The van der Waals surface area contributed by atoms with E-state index in [-0.39, 0.29) is 6.54 Å². The first-order valence-electron chi connectivity index (χ1n) is 7.42. The zero-order valence-electron chi connectivity index (χ0n) is 12.7. The summed E-state index contributed by atoms with van der Waals surface area (Å²) in [5.74, 6) is -1.25. The van der Waals surface area contributed by atoms with Gasteiger partial charge >= 0.3 is 6.18 Å². The molecule has 0 N–H and O–H groups in total. The standard InChI is InChI=1S/C16H23F3N2/c1-13-5-3-4-6-15(13)12-21-9-7-20(8-10-21)11-14(2)16(17,18)19/h3-6,14H,7-12H2,1-2H3/t14-/m1/s1. The first-order chi connectivity index (χ1) is 9.86. The van der Waals surface area contributed by atoms with Crippen molar-refractivity contribution in [2.24, 2.45) is 5.92 Å².